The number of piperidine rings is 1. The summed E-state index contributed by atoms with van der Waals surface area (Å²) in [5.41, 5.74) is 1.15. The van der Waals surface area contributed by atoms with Crippen molar-refractivity contribution < 1.29 is 9.53 Å². The molecule has 0 bridgehead atoms. The number of carbonyl (C=O) groups excluding carboxylic acids is 1. The number of hydrogen-bond donors (Lipinski definition) is 1. The molecule has 1 unspecified atom stereocenters. The molecule has 1 saturated heterocycles. The van der Waals surface area contributed by atoms with E-state index in [0.29, 0.717) is 12.6 Å². The molecule has 146 valence electrons. The molecule has 2 aromatic carbocycles. The van der Waals surface area contributed by atoms with E-state index in [1.54, 1.807) is 7.11 Å². The van der Waals surface area contributed by atoms with Crippen molar-refractivity contribution in [1.82, 2.24) is 15.1 Å². The summed E-state index contributed by atoms with van der Waals surface area (Å²) in [6, 6.07) is 14.8. The second-order valence-electron chi connectivity index (χ2n) is 7.50. The van der Waals surface area contributed by atoms with Gasteiger partial charge in [-0.25, -0.2) is 4.79 Å². The maximum absolute atomic E-state index is 13.0. The van der Waals surface area contributed by atoms with Crippen LogP contribution < -0.4 is 5.32 Å². The fourth-order valence-electron chi connectivity index (χ4n) is 3.89. The number of hydrogen-bond acceptors (Lipinski definition) is 3. The van der Waals surface area contributed by atoms with Crippen LogP contribution in [0.4, 0.5) is 4.79 Å². The molecule has 1 aliphatic rings. The number of benzene rings is 2. The third-order valence-electron chi connectivity index (χ3n) is 5.66. The van der Waals surface area contributed by atoms with E-state index in [0.717, 1.165) is 37.9 Å². The quantitative estimate of drug-likeness (QED) is 0.845. The maximum atomic E-state index is 13.0. The Morgan fingerprint density at radius 2 is 1.93 bits per heavy atom. The van der Waals surface area contributed by atoms with Gasteiger partial charge < -0.3 is 19.9 Å². The highest BCUT2D eigenvalue weighted by Crippen LogP contribution is 2.27. The standard InChI is InChI=1S/C22H31N3O2/c1-24-14-11-18(12-15-24)25(2)22(26)23-21(13-16-27-3)20-10-6-8-17-7-4-5-9-19(17)20/h4-10,18,21H,11-16H2,1-3H3,(H,23,26). The molecule has 2 amide bonds. The summed E-state index contributed by atoms with van der Waals surface area (Å²) in [4.78, 5) is 17.2. The molecular formula is C22H31N3O2. The number of nitrogens with zero attached hydrogens (tertiary/aromatic N) is 2. The van der Waals surface area contributed by atoms with Gasteiger partial charge in [0.05, 0.1) is 6.04 Å². The lowest BCUT2D eigenvalue weighted by atomic mass is 9.97. The van der Waals surface area contributed by atoms with Crippen LogP contribution in [0.2, 0.25) is 0 Å². The van der Waals surface area contributed by atoms with E-state index in [2.05, 4.69) is 47.6 Å². The minimum Gasteiger partial charge on any atom is -0.385 e. The molecule has 1 heterocycles. The first kappa shape index (κ1) is 19.6. The predicted molar refractivity (Wildman–Crippen MR) is 110 cm³/mol. The van der Waals surface area contributed by atoms with Crippen LogP contribution in [0, 0.1) is 0 Å². The van der Waals surface area contributed by atoms with Crippen LogP contribution in [0.5, 0.6) is 0 Å². The topological polar surface area (TPSA) is 44.8 Å². The van der Waals surface area contributed by atoms with Crippen LogP contribution in [-0.4, -0.2) is 62.8 Å². The summed E-state index contributed by atoms with van der Waals surface area (Å²) >= 11 is 0. The number of rotatable bonds is 6. The first-order valence-corrected chi connectivity index (χ1v) is 9.78. The Hall–Kier alpha value is -2.11. The highest BCUT2D eigenvalue weighted by Gasteiger charge is 2.26. The zero-order valence-electron chi connectivity index (χ0n) is 16.6. The Morgan fingerprint density at radius 3 is 2.67 bits per heavy atom. The van der Waals surface area contributed by atoms with Crippen molar-refractivity contribution in [2.75, 3.05) is 40.9 Å². The molecule has 1 fully saturated rings. The highest BCUT2D eigenvalue weighted by molar-refractivity contribution is 5.86. The fraction of sp³-hybridized carbons (Fsp3) is 0.500. The van der Waals surface area contributed by atoms with Crippen molar-refractivity contribution in [1.29, 1.82) is 0 Å². The molecule has 0 saturated carbocycles. The van der Waals surface area contributed by atoms with Crippen LogP contribution in [0.3, 0.4) is 0 Å². The molecule has 0 aliphatic carbocycles. The second-order valence-corrected chi connectivity index (χ2v) is 7.50. The highest BCUT2D eigenvalue weighted by atomic mass is 16.5. The van der Waals surface area contributed by atoms with E-state index < -0.39 is 0 Å². The molecule has 0 radical (unpaired) electrons. The van der Waals surface area contributed by atoms with E-state index >= 15 is 0 Å². The van der Waals surface area contributed by atoms with Gasteiger partial charge in [-0.1, -0.05) is 42.5 Å². The second kappa shape index (κ2) is 9.20. The Bertz CT molecular complexity index is 751. The van der Waals surface area contributed by atoms with Crippen LogP contribution in [0.25, 0.3) is 10.8 Å². The summed E-state index contributed by atoms with van der Waals surface area (Å²) in [5.74, 6) is 0. The summed E-state index contributed by atoms with van der Waals surface area (Å²) in [5, 5.41) is 5.64. The summed E-state index contributed by atoms with van der Waals surface area (Å²) in [6.45, 7) is 2.68. The third-order valence-corrected chi connectivity index (χ3v) is 5.66. The van der Waals surface area contributed by atoms with Gasteiger partial charge in [0.25, 0.3) is 0 Å². The van der Waals surface area contributed by atoms with Gasteiger partial charge in [-0.05, 0) is 55.7 Å². The monoisotopic (exact) mass is 369 g/mol. The van der Waals surface area contributed by atoms with Crippen molar-refractivity contribution in [3.05, 3.63) is 48.0 Å². The predicted octanol–water partition coefficient (Wildman–Crippen LogP) is 3.65. The Kier molecular flexibility index (Phi) is 6.69. The summed E-state index contributed by atoms with van der Waals surface area (Å²) in [6.07, 6.45) is 2.80. The van der Waals surface area contributed by atoms with Gasteiger partial charge >= 0.3 is 6.03 Å². The van der Waals surface area contributed by atoms with Crippen molar-refractivity contribution in [2.24, 2.45) is 0 Å². The Morgan fingerprint density at radius 1 is 1.22 bits per heavy atom. The van der Waals surface area contributed by atoms with Crippen molar-refractivity contribution in [3.63, 3.8) is 0 Å². The number of likely N-dealkylation sites (tertiary alicyclic amines) is 1. The largest absolute Gasteiger partial charge is 0.385 e. The zero-order valence-corrected chi connectivity index (χ0v) is 16.6. The number of urea groups is 1. The van der Waals surface area contributed by atoms with Gasteiger partial charge in [-0.3, -0.25) is 0 Å². The zero-order chi connectivity index (χ0) is 19.2. The summed E-state index contributed by atoms with van der Waals surface area (Å²) < 4.78 is 5.31. The number of nitrogens with one attached hydrogen (secondary N) is 1. The molecule has 0 aromatic heterocycles. The van der Waals surface area contributed by atoms with Crippen molar-refractivity contribution in [3.8, 4) is 0 Å². The minimum absolute atomic E-state index is 0.00131. The van der Waals surface area contributed by atoms with E-state index in [9.17, 15) is 4.79 Å². The average Bonchev–Trinajstić information content (AvgIpc) is 2.70. The lowest BCUT2D eigenvalue weighted by Crippen LogP contribution is -2.49. The molecule has 1 atom stereocenters. The third kappa shape index (κ3) is 4.79. The molecule has 5 heteroatoms. The van der Waals surface area contributed by atoms with Crippen LogP contribution in [0.1, 0.15) is 30.9 Å². The minimum atomic E-state index is -0.0720. The lowest BCUT2D eigenvalue weighted by Gasteiger charge is -2.36. The van der Waals surface area contributed by atoms with Crippen LogP contribution >= 0.6 is 0 Å². The van der Waals surface area contributed by atoms with Gasteiger partial charge in [-0.2, -0.15) is 0 Å². The van der Waals surface area contributed by atoms with Crippen LogP contribution in [-0.2, 0) is 4.74 Å². The molecule has 2 aromatic rings. The van der Waals surface area contributed by atoms with Crippen molar-refractivity contribution in [2.45, 2.75) is 31.3 Å². The summed E-state index contributed by atoms with van der Waals surface area (Å²) in [7, 11) is 5.76. The lowest BCUT2D eigenvalue weighted by molar-refractivity contribution is 0.141. The number of amides is 2. The van der Waals surface area contributed by atoms with Gasteiger partial charge in [0.2, 0.25) is 0 Å². The van der Waals surface area contributed by atoms with E-state index in [1.807, 2.05) is 24.1 Å². The van der Waals surface area contributed by atoms with Gasteiger partial charge in [0.1, 0.15) is 0 Å². The Balaban J connectivity index is 1.77. The molecule has 27 heavy (non-hydrogen) atoms. The van der Waals surface area contributed by atoms with E-state index in [-0.39, 0.29) is 12.1 Å². The SMILES string of the molecule is COCCC(NC(=O)N(C)C1CCN(C)CC1)c1cccc2ccccc12. The normalized spacial score (nSPS) is 17.0. The number of carbonyl (C=O) groups is 1. The van der Waals surface area contributed by atoms with Crippen LogP contribution in [0.15, 0.2) is 42.5 Å². The first-order chi connectivity index (χ1) is 13.1. The Labute approximate surface area is 162 Å². The maximum Gasteiger partial charge on any atom is 0.317 e. The number of fused-ring (bicyclic) bond motifs is 1. The fourth-order valence-corrected chi connectivity index (χ4v) is 3.89. The van der Waals surface area contributed by atoms with E-state index in [4.69, 9.17) is 4.74 Å². The molecule has 5 nitrogen and oxygen atoms in total. The first-order valence-electron chi connectivity index (χ1n) is 9.78. The molecule has 1 aliphatic heterocycles. The number of ether oxygens (including phenoxy) is 1. The van der Waals surface area contributed by atoms with Gasteiger partial charge in [0, 0.05) is 26.8 Å². The molecule has 3 rings (SSSR count). The molecule has 1 N–H and O–H groups in total. The molecular weight excluding hydrogens is 338 g/mol. The van der Waals surface area contributed by atoms with Gasteiger partial charge in [-0.15, -0.1) is 0 Å². The molecule has 0 spiro atoms. The average molecular weight is 370 g/mol. The number of methoxy groups -OCH3 is 1. The van der Waals surface area contributed by atoms with Gasteiger partial charge in [0.15, 0.2) is 0 Å². The van der Waals surface area contributed by atoms with E-state index in [1.165, 1.54) is 10.8 Å². The van der Waals surface area contributed by atoms with Crippen molar-refractivity contribution >= 4 is 16.8 Å². The smallest absolute Gasteiger partial charge is 0.317 e.